The number of pyridine rings is 1. The molecule has 2 heterocycles. The fourth-order valence-electron chi connectivity index (χ4n) is 3.90. The van der Waals surface area contributed by atoms with Crippen molar-refractivity contribution in [2.24, 2.45) is 22.7 Å². The number of amides is 1. The zero-order valence-electron chi connectivity index (χ0n) is 13.9. The molecule has 1 N–H and O–H groups in total. The van der Waals surface area contributed by atoms with Crippen LogP contribution < -0.4 is 5.32 Å². The quantitative estimate of drug-likeness (QED) is 0.929. The number of carbonyl (C=O) groups excluding carboxylic acids is 1. The standard InChI is InChI=1S/C18H26N2O2/c1-17(2)15(18(17,3)4)16(21)20-14-11-22-10-13(14)9-12-5-7-19-8-6-12/h5-8,13-15H,9-11H2,1-4H3,(H,20,21)/t13-,14-/m1/s1. The molecule has 22 heavy (non-hydrogen) atoms. The van der Waals surface area contributed by atoms with Gasteiger partial charge in [0.05, 0.1) is 19.3 Å². The Morgan fingerprint density at radius 1 is 1.23 bits per heavy atom. The number of carbonyl (C=O) groups is 1. The number of hydrogen-bond donors (Lipinski definition) is 1. The first kappa shape index (κ1) is 15.5. The Kier molecular flexibility index (Phi) is 3.76. The molecule has 0 radical (unpaired) electrons. The van der Waals surface area contributed by atoms with Gasteiger partial charge in [0.2, 0.25) is 5.91 Å². The fraction of sp³-hybridized carbons (Fsp3) is 0.667. The maximum absolute atomic E-state index is 12.6. The van der Waals surface area contributed by atoms with Gasteiger partial charge in [-0.25, -0.2) is 0 Å². The summed E-state index contributed by atoms with van der Waals surface area (Å²) < 4.78 is 5.62. The van der Waals surface area contributed by atoms with Crippen LogP contribution in [0.15, 0.2) is 24.5 Å². The lowest BCUT2D eigenvalue weighted by atomic mass is 9.95. The maximum Gasteiger partial charge on any atom is 0.224 e. The molecule has 2 aliphatic rings. The highest BCUT2D eigenvalue weighted by molar-refractivity contribution is 5.84. The molecule has 120 valence electrons. The van der Waals surface area contributed by atoms with E-state index >= 15 is 0 Å². The molecular weight excluding hydrogens is 276 g/mol. The highest BCUT2D eigenvalue weighted by atomic mass is 16.5. The van der Waals surface area contributed by atoms with Crippen LogP contribution >= 0.6 is 0 Å². The van der Waals surface area contributed by atoms with Gasteiger partial charge in [0.15, 0.2) is 0 Å². The minimum Gasteiger partial charge on any atom is -0.379 e. The normalized spacial score (nSPS) is 29.3. The van der Waals surface area contributed by atoms with Crippen LogP contribution in [-0.2, 0) is 16.0 Å². The largest absolute Gasteiger partial charge is 0.379 e. The van der Waals surface area contributed by atoms with Crippen molar-refractivity contribution < 1.29 is 9.53 Å². The van der Waals surface area contributed by atoms with E-state index in [-0.39, 0.29) is 28.7 Å². The molecular formula is C18H26N2O2. The Balaban J connectivity index is 1.61. The number of rotatable bonds is 4. The number of nitrogens with zero attached hydrogens (tertiary/aromatic N) is 1. The lowest BCUT2D eigenvalue weighted by Gasteiger charge is -2.19. The van der Waals surface area contributed by atoms with Crippen molar-refractivity contribution in [3.8, 4) is 0 Å². The zero-order valence-corrected chi connectivity index (χ0v) is 13.9. The Hall–Kier alpha value is -1.42. The Labute approximate surface area is 132 Å². The maximum atomic E-state index is 12.6. The predicted octanol–water partition coefficient (Wildman–Crippen LogP) is 2.44. The van der Waals surface area contributed by atoms with Crippen molar-refractivity contribution in [3.05, 3.63) is 30.1 Å². The lowest BCUT2D eigenvalue weighted by molar-refractivity contribution is -0.124. The first-order valence-corrected chi connectivity index (χ1v) is 8.11. The van der Waals surface area contributed by atoms with Gasteiger partial charge in [-0.15, -0.1) is 0 Å². The summed E-state index contributed by atoms with van der Waals surface area (Å²) in [4.78, 5) is 16.7. The van der Waals surface area contributed by atoms with Crippen molar-refractivity contribution in [1.82, 2.24) is 10.3 Å². The van der Waals surface area contributed by atoms with Gasteiger partial charge in [0.25, 0.3) is 0 Å². The Morgan fingerprint density at radius 2 is 1.86 bits per heavy atom. The molecule has 1 aromatic rings. The van der Waals surface area contributed by atoms with E-state index in [0.717, 1.165) is 6.42 Å². The third kappa shape index (κ3) is 2.54. The van der Waals surface area contributed by atoms with Crippen LogP contribution in [0.2, 0.25) is 0 Å². The van der Waals surface area contributed by atoms with Crippen molar-refractivity contribution in [2.75, 3.05) is 13.2 Å². The molecule has 4 nitrogen and oxygen atoms in total. The molecule has 2 atom stereocenters. The zero-order chi connectivity index (χ0) is 16.0. The summed E-state index contributed by atoms with van der Waals surface area (Å²) in [6.07, 6.45) is 4.55. The van der Waals surface area contributed by atoms with Crippen LogP contribution in [0.1, 0.15) is 33.3 Å². The van der Waals surface area contributed by atoms with E-state index in [1.807, 2.05) is 24.5 Å². The van der Waals surface area contributed by atoms with Crippen LogP contribution in [-0.4, -0.2) is 30.1 Å². The average Bonchev–Trinajstić information content (AvgIpc) is 2.75. The highest BCUT2D eigenvalue weighted by Gasteiger charge is 2.68. The van der Waals surface area contributed by atoms with Crippen LogP contribution in [0, 0.1) is 22.7 Å². The van der Waals surface area contributed by atoms with Gasteiger partial charge >= 0.3 is 0 Å². The van der Waals surface area contributed by atoms with Gasteiger partial charge in [-0.05, 0) is 34.9 Å². The van der Waals surface area contributed by atoms with E-state index in [0.29, 0.717) is 19.1 Å². The SMILES string of the molecule is CC1(C)C(C(=O)N[C@@H]2COC[C@H]2Cc2ccncc2)C1(C)C. The lowest BCUT2D eigenvalue weighted by Crippen LogP contribution is -2.42. The number of nitrogens with one attached hydrogen (secondary N) is 1. The molecule has 1 aliphatic heterocycles. The minimum absolute atomic E-state index is 0.0805. The van der Waals surface area contributed by atoms with Crippen molar-refractivity contribution >= 4 is 5.91 Å². The van der Waals surface area contributed by atoms with Crippen LogP contribution in [0.4, 0.5) is 0 Å². The molecule has 2 fully saturated rings. The van der Waals surface area contributed by atoms with E-state index in [4.69, 9.17) is 4.74 Å². The Morgan fingerprint density at radius 3 is 2.45 bits per heavy atom. The molecule has 0 unspecified atom stereocenters. The summed E-state index contributed by atoms with van der Waals surface area (Å²) in [6, 6.07) is 4.18. The van der Waals surface area contributed by atoms with Crippen molar-refractivity contribution in [3.63, 3.8) is 0 Å². The minimum atomic E-state index is 0.0805. The van der Waals surface area contributed by atoms with Gasteiger partial charge in [-0.3, -0.25) is 9.78 Å². The van der Waals surface area contributed by atoms with E-state index in [1.165, 1.54) is 5.56 Å². The van der Waals surface area contributed by atoms with E-state index < -0.39 is 0 Å². The average molecular weight is 302 g/mol. The smallest absolute Gasteiger partial charge is 0.224 e. The molecule has 4 heteroatoms. The van der Waals surface area contributed by atoms with Crippen LogP contribution in [0.5, 0.6) is 0 Å². The molecule has 1 aliphatic carbocycles. The van der Waals surface area contributed by atoms with Crippen molar-refractivity contribution in [2.45, 2.75) is 40.2 Å². The van der Waals surface area contributed by atoms with Crippen molar-refractivity contribution in [1.29, 1.82) is 0 Å². The van der Waals surface area contributed by atoms with Gasteiger partial charge in [-0.1, -0.05) is 27.7 Å². The second-order valence-electron chi connectivity index (χ2n) is 7.85. The molecule has 1 amide bonds. The molecule has 1 aromatic heterocycles. The summed E-state index contributed by atoms with van der Waals surface area (Å²) >= 11 is 0. The van der Waals surface area contributed by atoms with Gasteiger partial charge in [0.1, 0.15) is 0 Å². The third-order valence-electron chi connectivity index (χ3n) is 6.06. The molecule has 0 spiro atoms. The van der Waals surface area contributed by atoms with E-state index in [9.17, 15) is 4.79 Å². The van der Waals surface area contributed by atoms with Gasteiger partial charge in [0, 0.05) is 24.2 Å². The van der Waals surface area contributed by atoms with Gasteiger partial charge < -0.3 is 10.1 Å². The number of aromatic nitrogens is 1. The van der Waals surface area contributed by atoms with E-state index in [2.05, 4.69) is 38.0 Å². The fourth-order valence-corrected chi connectivity index (χ4v) is 3.90. The summed E-state index contributed by atoms with van der Waals surface area (Å²) in [5, 5.41) is 3.24. The molecule has 0 aromatic carbocycles. The van der Waals surface area contributed by atoms with Gasteiger partial charge in [-0.2, -0.15) is 0 Å². The monoisotopic (exact) mass is 302 g/mol. The first-order valence-electron chi connectivity index (χ1n) is 8.11. The molecule has 3 rings (SSSR count). The Bertz CT molecular complexity index is 539. The second kappa shape index (κ2) is 5.34. The number of ether oxygens (including phenoxy) is 1. The summed E-state index contributed by atoms with van der Waals surface area (Å²) in [6.45, 7) is 10.0. The third-order valence-corrected chi connectivity index (χ3v) is 6.06. The predicted molar refractivity (Wildman–Crippen MR) is 85.2 cm³/mol. The summed E-state index contributed by atoms with van der Waals surface area (Å²) in [7, 11) is 0. The summed E-state index contributed by atoms with van der Waals surface area (Å²) in [5.74, 6) is 0.628. The highest BCUT2D eigenvalue weighted by Crippen LogP contribution is 2.68. The van der Waals surface area contributed by atoms with Crippen LogP contribution in [0.3, 0.4) is 0 Å². The number of hydrogen-bond acceptors (Lipinski definition) is 3. The molecule has 0 bridgehead atoms. The molecule has 1 saturated carbocycles. The summed E-state index contributed by atoms with van der Waals surface area (Å²) in [5.41, 5.74) is 1.41. The first-order chi connectivity index (χ1) is 10.3. The second-order valence-corrected chi connectivity index (χ2v) is 7.85. The topological polar surface area (TPSA) is 51.2 Å². The molecule has 1 saturated heterocycles. The van der Waals surface area contributed by atoms with Crippen LogP contribution in [0.25, 0.3) is 0 Å². The van der Waals surface area contributed by atoms with E-state index in [1.54, 1.807) is 0 Å².